The van der Waals surface area contributed by atoms with Gasteiger partial charge in [0.2, 0.25) is 0 Å². The Kier molecular flexibility index (Phi) is 4.55. The van der Waals surface area contributed by atoms with Crippen LogP contribution in [0.5, 0.6) is 0 Å². The van der Waals surface area contributed by atoms with E-state index in [4.69, 9.17) is 0 Å². The maximum absolute atomic E-state index is 11.6. The van der Waals surface area contributed by atoms with E-state index < -0.39 is 15.9 Å². The van der Waals surface area contributed by atoms with E-state index in [1.807, 2.05) is 14.0 Å². The third-order valence-corrected chi connectivity index (χ3v) is 5.46. The molecule has 0 aliphatic carbocycles. The van der Waals surface area contributed by atoms with Gasteiger partial charge in [-0.05, 0) is 40.5 Å². The van der Waals surface area contributed by atoms with E-state index in [1.54, 1.807) is 16.8 Å². The summed E-state index contributed by atoms with van der Waals surface area (Å²) in [6.07, 6.45) is 0.711. The van der Waals surface area contributed by atoms with Crippen LogP contribution < -0.4 is 0 Å². The highest BCUT2D eigenvalue weighted by atomic mass is 79.9. The van der Waals surface area contributed by atoms with Crippen LogP contribution in [0.3, 0.4) is 0 Å². The number of aromatic nitrogens is 2. The normalized spacial score (nSPS) is 13.4. The fraction of sp³-hybridized carbons (Fsp3) is 0.357. The van der Waals surface area contributed by atoms with Gasteiger partial charge in [-0.2, -0.15) is 5.10 Å². The van der Waals surface area contributed by atoms with Crippen molar-refractivity contribution in [1.29, 1.82) is 0 Å². The highest BCUT2D eigenvalue weighted by Crippen LogP contribution is 2.26. The first-order valence-corrected chi connectivity index (χ1v) is 9.04. The minimum Gasteiger partial charge on any atom is -0.388 e. The molecule has 21 heavy (non-hydrogen) atoms. The van der Waals surface area contributed by atoms with Gasteiger partial charge in [0.15, 0.2) is 9.84 Å². The number of benzene rings is 1. The smallest absolute Gasteiger partial charge is 0.175 e. The number of hydrogen-bond donors (Lipinski definition) is 1. The number of aliphatic hydroxyl groups is 1. The summed E-state index contributed by atoms with van der Waals surface area (Å²) in [6, 6.07) is 6.39. The van der Waals surface area contributed by atoms with Gasteiger partial charge in [0.05, 0.1) is 26.9 Å². The van der Waals surface area contributed by atoms with Gasteiger partial charge in [-0.25, -0.2) is 8.42 Å². The molecule has 0 amide bonds. The number of halogens is 1. The zero-order chi connectivity index (χ0) is 15.8. The Balaban J connectivity index is 2.31. The molecule has 0 aliphatic rings. The van der Waals surface area contributed by atoms with Crippen LogP contribution in [0.1, 0.15) is 23.1 Å². The van der Waals surface area contributed by atoms with E-state index >= 15 is 0 Å². The van der Waals surface area contributed by atoms with Crippen molar-refractivity contribution < 1.29 is 13.5 Å². The van der Waals surface area contributed by atoms with Crippen LogP contribution in [-0.2, 0) is 23.3 Å². The predicted octanol–water partition coefficient (Wildman–Crippen LogP) is 2.17. The van der Waals surface area contributed by atoms with Crippen LogP contribution in [0, 0.1) is 6.92 Å². The Morgan fingerprint density at radius 2 is 2.10 bits per heavy atom. The molecule has 1 heterocycles. The van der Waals surface area contributed by atoms with Crippen LogP contribution in [-0.4, -0.2) is 29.6 Å². The molecular formula is C14H17BrN2O3S. The van der Waals surface area contributed by atoms with E-state index in [0.717, 1.165) is 22.1 Å². The molecule has 7 heteroatoms. The van der Waals surface area contributed by atoms with E-state index in [1.165, 1.54) is 12.1 Å². The molecule has 0 saturated heterocycles. The van der Waals surface area contributed by atoms with Crippen molar-refractivity contribution in [3.63, 3.8) is 0 Å². The van der Waals surface area contributed by atoms with Crippen LogP contribution in [0.25, 0.3) is 0 Å². The zero-order valence-electron chi connectivity index (χ0n) is 12.0. The lowest BCUT2D eigenvalue weighted by Gasteiger charge is -2.12. The van der Waals surface area contributed by atoms with Crippen molar-refractivity contribution in [2.24, 2.45) is 7.05 Å². The van der Waals surface area contributed by atoms with Crippen molar-refractivity contribution in [2.75, 3.05) is 6.26 Å². The van der Waals surface area contributed by atoms with Crippen molar-refractivity contribution in [3.05, 3.63) is 45.7 Å². The lowest BCUT2D eigenvalue weighted by Crippen LogP contribution is -2.08. The molecule has 0 spiro atoms. The maximum Gasteiger partial charge on any atom is 0.175 e. The fourth-order valence-electron chi connectivity index (χ4n) is 2.16. The van der Waals surface area contributed by atoms with Gasteiger partial charge in [-0.15, -0.1) is 0 Å². The summed E-state index contributed by atoms with van der Waals surface area (Å²) in [6.45, 7) is 1.88. The Hall–Kier alpha value is -1.18. The van der Waals surface area contributed by atoms with Gasteiger partial charge in [0.1, 0.15) is 0 Å². The number of aliphatic hydroxyl groups excluding tert-OH is 1. The Bertz CT molecular complexity index is 769. The summed E-state index contributed by atoms with van der Waals surface area (Å²) in [5, 5.41) is 14.6. The second-order valence-corrected chi connectivity index (χ2v) is 7.84. The highest BCUT2D eigenvalue weighted by molar-refractivity contribution is 9.10. The molecule has 0 saturated carbocycles. The average Bonchev–Trinajstić information content (AvgIpc) is 2.64. The van der Waals surface area contributed by atoms with Crippen molar-refractivity contribution in [3.8, 4) is 0 Å². The zero-order valence-corrected chi connectivity index (χ0v) is 14.4. The molecule has 1 N–H and O–H groups in total. The molecule has 1 unspecified atom stereocenters. The lowest BCUT2D eigenvalue weighted by atomic mass is 10.0. The topological polar surface area (TPSA) is 72.2 Å². The molecule has 0 radical (unpaired) electrons. The summed E-state index contributed by atoms with van der Waals surface area (Å²) >= 11 is 3.46. The standard InChI is InChI=1S/C14H17BrN2O3S/c1-9-14(15)12(17(2)16-9)8-13(18)10-5-4-6-11(7-10)21(3,19)20/h4-7,13,18H,8H2,1-3H3. The van der Waals surface area contributed by atoms with E-state index in [9.17, 15) is 13.5 Å². The van der Waals surface area contributed by atoms with Crippen LogP contribution in [0.2, 0.25) is 0 Å². The first-order valence-electron chi connectivity index (χ1n) is 6.36. The van der Waals surface area contributed by atoms with Gasteiger partial charge in [0.25, 0.3) is 0 Å². The fourth-order valence-corrected chi connectivity index (χ4v) is 3.33. The summed E-state index contributed by atoms with van der Waals surface area (Å²) in [5.74, 6) is 0. The number of sulfone groups is 1. The van der Waals surface area contributed by atoms with Gasteiger partial charge < -0.3 is 5.11 Å². The first-order chi connectivity index (χ1) is 9.70. The summed E-state index contributed by atoms with van der Waals surface area (Å²) in [7, 11) is -1.47. The quantitative estimate of drug-likeness (QED) is 0.892. The van der Waals surface area contributed by atoms with Crippen LogP contribution in [0.15, 0.2) is 33.6 Å². The Morgan fingerprint density at radius 3 is 2.62 bits per heavy atom. The summed E-state index contributed by atoms with van der Waals surface area (Å²) in [4.78, 5) is 0.208. The average molecular weight is 373 g/mol. The van der Waals surface area contributed by atoms with Gasteiger partial charge in [-0.3, -0.25) is 4.68 Å². The third-order valence-electron chi connectivity index (χ3n) is 3.32. The van der Waals surface area contributed by atoms with Crippen molar-refractivity contribution in [1.82, 2.24) is 9.78 Å². The van der Waals surface area contributed by atoms with Crippen LogP contribution >= 0.6 is 15.9 Å². The van der Waals surface area contributed by atoms with E-state index in [2.05, 4.69) is 21.0 Å². The molecule has 2 rings (SSSR count). The summed E-state index contributed by atoms with van der Waals surface area (Å²) in [5.41, 5.74) is 2.29. The number of rotatable bonds is 4. The molecule has 0 bridgehead atoms. The van der Waals surface area contributed by atoms with Crippen molar-refractivity contribution in [2.45, 2.75) is 24.3 Å². The lowest BCUT2D eigenvalue weighted by molar-refractivity contribution is 0.175. The van der Waals surface area contributed by atoms with Gasteiger partial charge >= 0.3 is 0 Å². The second-order valence-electron chi connectivity index (χ2n) is 5.03. The number of nitrogens with zero attached hydrogens (tertiary/aromatic N) is 2. The van der Waals surface area contributed by atoms with Crippen LogP contribution in [0.4, 0.5) is 0 Å². The van der Waals surface area contributed by atoms with E-state index in [0.29, 0.717) is 12.0 Å². The summed E-state index contributed by atoms with van der Waals surface area (Å²) < 4.78 is 25.7. The largest absolute Gasteiger partial charge is 0.388 e. The molecular weight excluding hydrogens is 356 g/mol. The highest BCUT2D eigenvalue weighted by Gasteiger charge is 2.17. The molecule has 1 aromatic carbocycles. The minimum atomic E-state index is -3.28. The minimum absolute atomic E-state index is 0.208. The SMILES string of the molecule is Cc1nn(C)c(CC(O)c2cccc(S(C)(=O)=O)c2)c1Br. The van der Waals surface area contributed by atoms with Gasteiger partial charge in [0, 0.05) is 19.7 Å². The molecule has 0 aliphatic heterocycles. The van der Waals surface area contributed by atoms with E-state index in [-0.39, 0.29) is 4.90 Å². The van der Waals surface area contributed by atoms with Crippen molar-refractivity contribution >= 4 is 25.8 Å². The third kappa shape index (κ3) is 3.53. The molecule has 0 fully saturated rings. The molecule has 1 atom stereocenters. The molecule has 5 nitrogen and oxygen atoms in total. The molecule has 114 valence electrons. The number of hydrogen-bond acceptors (Lipinski definition) is 4. The monoisotopic (exact) mass is 372 g/mol. The second kappa shape index (κ2) is 5.90. The first kappa shape index (κ1) is 16.2. The van der Waals surface area contributed by atoms with Gasteiger partial charge in [-0.1, -0.05) is 12.1 Å². The molecule has 2 aromatic rings. The maximum atomic E-state index is 11.6. The Morgan fingerprint density at radius 1 is 1.43 bits per heavy atom. The molecule has 1 aromatic heterocycles. The Labute approximate surface area is 132 Å². The number of aryl methyl sites for hydroxylation is 2. The predicted molar refractivity (Wildman–Crippen MR) is 83.9 cm³/mol.